The quantitative estimate of drug-likeness (QED) is 0.875. The van der Waals surface area contributed by atoms with Gasteiger partial charge in [0.25, 0.3) is 0 Å². The maximum absolute atomic E-state index is 4.73. The summed E-state index contributed by atoms with van der Waals surface area (Å²) in [5, 5.41) is 6.60. The van der Waals surface area contributed by atoms with Gasteiger partial charge in [0.1, 0.15) is 5.01 Å². The lowest BCUT2D eigenvalue weighted by Crippen LogP contribution is -2.20. The molecule has 1 aromatic heterocycles. The van der Waals surface area contributed by atoms with Crippen molar-refractivity contribution in [1.82, 2.24) is 10.3 Å². The molecular weight excluding hydrogens is 228 g/mol. The summed E-state index contributed by atoms with van der Waals surface area (Å²) in [6.45, 7) is 2.03. The Hall–Kier alpha value is -1.45. The average molecular weight is 242 g/mol. The normalized spacial score (nSPS) is 15.6. The van der Waals surface area contributed by atoms with Crippen molar-refractivity contribution < 1.29 is 0 Å². The van der Waals surface area contributed by atoms with Gasteiger partial charge in [-0.1, -0.05) is 36.4 Å². The Bertz CT molecular complexity index is 528. The van der Waals surface area contributed by atoms with Gasteiger partial charge in [-0.2, -0.15) is 0 Å². The van der Waals surface area contributed by atoms with Gasteiger partial charge >= 0.3 is 0 Å². The molecule has 86 valence electrons. The minimum atomic E-state index is 0.966. The van der Waals surface area contributed by atoms with Crippen molar-refractivity contribution in [2.24, 2.45) is 0 Å². The first kappa shape index (κ1) is 10.7. The molecule has 1 N–H and O–H groups in total. The summed E-state index contributed by atoms with van der Waals surface area (Å²) in [5.41, 5.74) is 3.73. The molecule has 0 unspecified atom stereocenters. The first-order valence-electron chi connectivity index (χ1n) is 5.84. The van der Waals surface area contributed by atoms with E-state index in [1.54, 1.807) is 11.3 Å². The van der Waals surface area contributed by atoms with E-state index < -0.39 is 0 Å². The fraction of sp³-hybridized carbons (Fsp3) is 0.214. The molecule has 0 bridgehead atoms. The molecule has 0 radical (unpaired) electrons. The van der Waals surface area contributed by atoms with Crippen molar-refractivity contribution in [3.05, 3.63) is 47.5 Å². The monoisotopic (exact) mass is 242 g/mol. The topological polar surface area (TPSA) is 24.9 Å². The average Bonchev–Trinajstić information content (AvgIpc) is 2.90. The minimum Gasteiger partial charge on any atom is -0.313 e. The van der Waals surface area contributed by atoms with E-state index in [9.17, 15) is 0 Å². The van der Waals surface area contributed by atoms with E-state index in [0.29, 0.717) is 0 Å². The second kappa shape index (κ2) is 4.82. The Morgan fingerprint density at radius 3 is 2.82 bits per heavy atom. The van der Waals surface area contributed by atoms with Crippen LogP contribution in [0.25, 0.3) is 16.1 Å². The van der Waals surface area contributed by atoms with Gasteiger partial charge in [0.05, 0.1) is 5.69 Å². The number of hydrogen-bond donors (Lipinski definition) is 1. The molecule has 17 heavy (non-hydrogen) atoms. The van der Waals surface area contributed by atoms with E-state index in [4.69, 9.17) is 4.98 Å². The third-order valence-corrected chi connectivity index (χ3v) is 3.81. The smallest absolute Gasteiger partial charge is 0.124 e. The molecule has 3 heteroatoms. The highest BCUT2D eigenvalue weighted by molar-refractivity contribution is 7.13. The molecule has 0 atom stereocenters. The second-order valence-corrected chi connectivity index (χ2v) is 4.95. The zero-order valence-electron chi connectivity index (χ0n) is 9.52. The van der Waals surface area contributed by atoms with Crippen LogP contribution in [0.1, 0.15) is 12.1 Å². The van der Waals surface area contributed by atoms with Gasteiger partial charge < -0.3 is 5.32 Å². The summed E-state index contributed by atoms with van der Waals surface area (Å²) >= 11 is 1.72. The molecule has 0 saturated heterocycles. The van der Waals surface area contributed by atoms with Crippen molar-refractivity contribution in [1.29, 1.82) is 0 Å². The maximum atomic E-state index is 4.73. The first-order valence-corrected chi connectivity index (χ1v) is 6.72. The molecule has 0 saturated carbocycles. The van der Waals surface area contributed by atoms with Crippen LogP contribution in [0.5, 0.6) is 0 Å². The summed E-state index contributed by atoms with van der Waals surface area (Å²) in [6, 6.07) is 10.4. The zero-order valence-corrected chi connectivity index (χ0v) is 10.3. The number of hydrogen-bond acceptors (Lipinski definition) is 3. The van der Waals surface area contributed by atoms with E-state index in [2.05, 4.69) is 41.0 Å². The van der Waals surface area contributed by atoms with Crippen LogP contribution in [0, 0.1) is 0 Å². The fourth-order valence-corrected chi connectivity index (χ4v) is 2.84. The van der Waals surface area contributed by atoms with Crippen molar-refractivity contribution >= 4 is 16.9 Å². The van der Waals surface area contributed by atoms with Gasteiger partial charge in [-0.15, -0.1) is 11.3 Å². The van der Waals surface area contributed by atoms with Crippen LogP contribution in [-0.2, 0) is 0 Å². The molecular formula is C14H14N2S. The molecule has 2 aromatic rings. The molecule has 1 aliphatic rings. The third-order valence-electron chi connectivity index (χ3n) is 2.92. The molecule has 0 aliphatic carbocycles. The number of aromatic nitrogens is 1. The van der Waals surface area contributed by atoms with E-state index in [1.807, 2.05) is 6.07 Å². The Kier molecular flexibility index (Phi) is 3.03. The minimum absolute atomic E-state index is 0.966. The van der Waals surface area contributed by atoms with Crippen LogP contribution in [0.4, 0.5) is 0 Å². The molecule has 0 amide bonds. The van der Waals surface area contributed by atoms with Crippen LogP contribution in [0.3, 0.4) is 0 Å². The number of thiazole rings is 1. The largest absolute Gasteiger partial charge is 0.313 e. The Labute approximate surface area is 105 Å². The van der Waals surface area contributed by atoms with Crippen LogP contribution in [0.15, 0.2) is 41.8 Å². The summed E-state index contributed by atoms with van der Waals surface area (Å²) < 4.78 is 0. The molecule has 1 aliphatic heterocycles. The van der Waals surface area contributed by atoms with Crippen molar-refractivity contribution in [2.75, 3.05) is 13.1 Å². The molecule has 0 fully saturated rings. The predicted molar refractivity (Wildman–Crippen MR) is 73.0 cm³/mol. The van der Waals surface area contributed by atoms with Crippen LogP contribution in [-0.4, -0.2) is 18.1 Å². The highest BCUT2D eigenvalue weighted by atomic mass is 32.1. The summed E-state index contributed by atoms with van der Waals surface area (Å²) in [7, 11) is 0. The van der Waals surface area contributed by atoms with Gasteiger partial charge in [-0.25, -0.2) is 4.98 Å². The van der Waals surface area contributed by atoms with Crippen LogP contribution >= 0.6 is 11.3 Å². The Morgan fingerprint density at radius 2 is 2.06 bits per heavy atom. The first-order chi connectivity index (χ1) is 8.43. The third kappa shape index (κ3) is 2.30. The van der Waals surface area contributed by atoms with Gasteiger partial charge in [0.2, 0.25) is 0 Å². The van der Waals surface area contributed by atoms with Gasteiger partial charge in [0, 0.05) is 17.5 Å². The molecule has 0 spiro atoms. The van der Waals surface area contributed by atoms with Gasteiger partial charge in [0.15, 0.2) is 0 Å². The molecule has 3 rings (SSSR count). The lowest BCUT2D eigenvalue weighted by molar-refractivity contribution is 0.737. The maximum Gasteiger partial charge on any atom is 0.124 e. The molecule has 2 nitrogen and oxygen atoms in total. The van der Waals surface area contributed by atoms with Crippen molar-refractivity contribution in [3.8, 4) is 10.6 Å². The lowest BCUT2D eigenvalue weighted by Gasteiger charge is -2.11. The standard InChI is InChI=1S/C14H14N2S/c1-2-4-12(5-3-1)14-16-13(10-17-14)11-6-8-15-9-7-11/h1-6,10,15H,7-9H2. The van der Waals surface area contributed by atoms with Crippen LogP contribution in [0.2, 0.25) is 0 Å². The molecule has 1 aromatic carbocycles. The fourth-order valence-electron chi connectivity index (χ4n) is 1.99. The Balaban J connectivity index is 1.90. The summed E-state index contributed by atoms with van der Waals surface area (Å²) in [4.78, 5) is 4.73. The SMILES string of the molecule is C1=C(c2csc(-c3ccccc3)n2)CCNC1. The summed E-state index contributed by atoms with van der Waals surface area (Å²) in [6.07, 6.45) is 3.32. The number of nitrogens with zero attached hydrogens (tertiary/aromatic N) is 1. The van der Waals surface area contributed by atoms with E-state index in [1.165, 1.54) is 11.1 Å². The zero-order chi connectivity index (χ0) is 11.5. The van der Waals surface area contributed by atoms with Crippen LogP contribution < -0.4 is 5.32 Å². The van der Waals surface area contributed by atoms with E-state index in [-0.39, 0.29) is 0 Å². The van der Waals surface area contributed by atoms with Crippen molar-refractivity contribution in [3.63, 3.8) is 0 Å². The van der Waals surface area contributed by atoms with Crippen molar-refractivity contribution in [2.45, 2.75) is 6.42 Å². The highest BCUT2D eigenvalue weighted by Gasteiger charge is 2.10. The highest BCUT2D eigenvalue weighted by Crippen LogP contribution is 2.28. The lowest BCUT2D eigenvalue weighted by atomic mass is 10.1. The van der Waals surface area contributed by atoms with E-state index in [0.717, 1.165) is 30.2 Å². The number of benzene rings is 1. The van der Waals surface area contributed by atoms with Gasteiger partial charge in [-0.05, 0) is 18.5 Å². The Morgan fingerprint density at radius 1 is 1.18 bits per heavy atom. The second-order valence-electron chi connectivity index (χ2n) is 4.09. The van der Waals surface area contributed by atoms with E-state index >= 15 is 0 Å². The molecule has 2 heterocycles. The predicted octanol–water partition coefficient (Wildman–Crippen LogP) is 3.19. The summed E-state index contributed by atoms with van der Waals surface area (Å²) in [5.74, 6) is 0. The number of nitrogens with one attached hydrogen (secondary N) is 1. The van der Waals surface area contributed by atoms with Gasteiger partial charge in [-0.3, -0.25) is 0 Å². The number of rotatable bonds is 2.